The van der Waals surface area contributed by atoms with Crippen molar-refractivity contribution in [3.05, 3.63) is 46.8 Å². The summed E-state index contributed by atoms with van der Waals surface area (Å²) in [5.41, 5.74) is 4.35. The third-order valence-electron chi connectivity index (χ3n) is 5.09. The summed E-state index contributed by atoms with van der Waals surface area (Å²) >= 11 is 0. The van der Waals surface area contributed by atoms with Gasteiger partial charge in [0, 0.05) is 29.9 Å². The van der Waals surface area contributed by atoms with Gasteiger partial charge in [0.05, 0.1) is 30.4 Å². The zero-order chi connectivity index (χ0) is 18.9. The fourth-order valence-corrected chi connectivity index (χ4v) is 5.39. The monoisotopic (exact) mass is 377 g/mol. The molecule has 1 aliphatic rings. The SMILES string of the molecule is COc1ccccc1CN(C)Cc1c(C)nn([C@@H]2CCS(=O)(=O)C2)c1C. The summed E-state index contributed by atoms with van der Waals surface area (Å²) in [4.78, 5) is 2.23. The first-order chi connectivity index (χ1) is 12.3. The van der Waals surface area contributed by atoms with Gasteiger partial charge in [-0.15, -0.1) is 0 Å². The standard InChI is InChI=1S/C19H27N3O3S/c1-14-18(12-21(3)11-16-7-5-6-8-19(16)25-4)15(2)22(20-14)17-9-10-26(23,24)13-17/h5-8,17H,9-13H2,1-4H3/t17-/m1/s1. The first-order valence-corrected chi connectivity index (χ1v) is 10.7. The van der Waals surface area contributed by atoms with Crippen molar-refractivity contribution in [2.24, 2.45) is 0 Å². The Morgan fingerprint density at radius 2 is 2.00 bits per heavy atom. The second kappa shape index (κ2) is 7.40. The van der Waals surface area contributed by atoms with Crippen molar-refractivity contribution in [2.45, 2.75) is 39.4 Å². The van der Waals surface area contributed by atoms with Crippen LogP contribution in [0.2, 0.25) is 0 Å². The van der Waals surface area contributed by atoms with Crippen LogP contribution in [0.15, 0.2) is 24.3 Å². The van der Waals surface area contributed by atoms with Gasteiger partial charge in [-0.05, 0) is 33.4 Å². The number of aromatic nitrogens is 2. The number of nitrogens with zero attached hydrogens (tertiary/aromatic N) is 3. The van der Waals surface area contributed by atoms with Gasteiger partial charge in [0.1, 0.15) is 5.75 Å². The van der Waals surface area contributed by atoms with E-state index in [2.05, 4.69) is 23.1 Å². The van der Waals surface area contributed by atoms with Crippen LogP contribution in [0.5, 0.6) is 5.75 Å². The highest BCUT2D eigenvalue weighted by molar-refractivity contribution is 7.91. The van der Waals surface area contributed by atoms with E-state index in [0.717, 1.165) is 35.8 Å². The van der Waals surface area contributed by atoms with Crippen molar-refractivity contribution in [1.82, 2.24) is 14.7 Å². The fourth-order valence-electron chi connectivity index (χ4n) is 3.70. The Balaban J connectivity index is 1.76. The van der Waals surface area contributed by atoms with Crippen molar-refractivity contribution >= 4 is 9.84 Å². The fraction of sp³-hybridized carbons (Fsp3) is 0.526. The van der Waals surface area contributed by atoms with E-state index < -0.39 is 9.84 Å². The van der Waals surface area contributed by atoms with Gasteiger partial charge in [0.25, 0.3) is 0 Å². The molecule has 1 aromatic heterocycles. The third-order valence-corrected chi connectivity index (χ3v) is 6.84. The minimum Gasteiger partial charge on any atom is -0.496 e. The molecule has 142 valence electrons. The quantitative estimate of drug-likeness (QED) is 0.774. The molecular formula is C19H27N3O3S. The van der Waals surface area contributed by atoms with E-state index in [-0.39, 0.29) is 17.5 Å². The highest BCUT2D eigenvalue weighted by Gasteiger charge is 2.31. The Labute approximate surface area is 155 Å². The zero-order valence-corrected chi connectivity index (χ0v) is 16.7. The Morgan fingerprint density at radius 3 is 2.65 bits per heavy atom. The first kappa shape index (κ1) is 18.9. The van der Waals surface area contributed by atoms with Crippen molar-refractivity contribution in [1.29, 1.82) is 0 Å². The summed E-state index contributed by atoms with van der Waals surface area (Å²) in [6, 6.07) is 7.99. The van der Waals surface area contributed by atoms with Gasteiger partial charge in [-0.2, -0.15) is 5.10 Å². The number of hydrogen-bond donors (Lipinski definition) is 0. The second-order valence-electron chi connectivity index (χ2n) is 7.13. The minimum atomic E-state index is -2.92. The van der Waals surface area contributed by atoms with Crippen molar-refractivity contribution < 1.29 is 13.2 Å². The van der Waals surface area contributed by atoms with E-state index in [1.54, 1.807) is 7.11 Å². The van der Waals surface area contributed by atoms with Gasteiger partial charge < -0.3 is 4.74 Å². The van der Waals surface area contributed by atoms with Crippen molar-refractivity contribution in [3.63, 3.8) is 0 Å². The molecule has 6 nitrogen and oxygen atoms in total. The molecule has 0 amide bonds. The molecule has 0 saturated carbocycles. The normalized spacial score (nSPS) is 19.2. The Bertz CT molecular complexity index is 889. The molecule has 1 saturated heterocycles. The van der Waals surface area contributed by atoms with E-state index in [1.165, 1.54) is 5.56 Å². The summed E-state index contributed by atoms with van der Waals surface area (Å²) in [5, 5.41) is 4.65. The van der Waals surface area contributed by atoms with Gasteiger partial charge in [-0.1, -0.05) is 18.2 Å². The smallest absolute Gasteiger partial charge is 0.152 e. The summed E-state index contributed by atoms with van der Waals surface area (Å²) in [7, 11) is 0.839. The first-order valence-electron chi connectivity index (χ1n) is 8.86. The average Bonchev–Trinajstić information content (AvgIpc) is 3.09. The lowest BCUT2D eigenvalue weighted by Crippen LogP contribution is -2.19. The molecule has 2 heterocycles. The molecule has 2 aromatic rings. The molecule has 0 N–H and O–H groups in total. The zero-order valence-electron chi connectivity index (χ0n) is 15.9. The second-order valence-corrected chi connectivity index (χ2v) is 9.36. The van der Waals surface area contributed by atoms with Crippen molar-refractivity contribution in [3.8, 4) is 5.75 Å². The van der Waals surface area contributed by atoms with Gasteiger partial charge in [-0.3, -0.25) is 9.58 Å². The van der Waals surface area contributed by atoms with Crippen LogP contribution in [0.3, 0.4) is 0 Å². The van der Waals surface area contributed by atoms with E-state index >= 15 is 0 Å². The number of sulfone groups is 1. The largest absolute Gasteiger partial charge is 0.496 e. The number of methoxy groups -OCH3 is 1. The van der Waals surface area contributed by atoms with Crippen LogP contribution >= 0.6 is 0 Å². The van der Waals surface area contributed by atoms with E-state index in [4.69, 9.17) is 4.74 Å². The molecule has 1 aromatic carbocycles. The molecule has 26 heavy (non-hydrogen) atoms. The number of para-hydroxylation sites is 1. The predicted molar refractivity (Wildman–Crippen MR) is 102 cm³/mol. The maximum atomic E-state index is 11.8. The Kier molecular flexibility index (Phi) is 5.39. The number of rotatable bonds is 6. The predicted octanol–water partition coefficient (Wildman–Crippen LogP) is 2.50. The third kappa shape index (κ3) is 3.94. The van der Waals surface area contributed by atoms with Crippen LogP contribution in [0.4, 0.5) is 0 Å². The number of aryl methyl sites for hydroxylation is 1. The lowest BCUT2D eigenvalue weighted by molar-refractivity contribution is 0.308. The molecular weight excluding hydrogens is 350 g/mol. The van der Waals surface area contributed by atoms with E-state index in [0.29, 0.717) is 6.42 Å². The average molecular weight is 378 g/mol. The number of hydrogen-bond acceptors (Lipinski definition) is 5. The van der Waals surface area contributed by atoms with Crippen LogP contribution in [-0.2, 0) is 22.9 Å². The summed E-state index contributed by atoms with van der Waals surface area (Å²) in [6.07, 6.45) is 0.654. The van der Waals surface area contributed by atoms with E-state index in [9.17, 15) is 8.42 Å². The molecule has 7 heteroatoms. The molecule has 0 aliphatic carbocycles. The van der Waals surface area contributed by atoms with Crippen LogP contribution in [-0.4, -0.2) is 48.8 Å². The molecule has 0 radical (unpaired) electrons. The highest BCUT2D eigenvalue weighted by atomic mass is 32.2. The number of benzene rings is 1. The lowest BCUT2D eigenvalue weighted by atomic mass is 10.1. The molecule has 3 rings (SSSR count). The lowest BCUT2D eigenvalue weighted by Gasteiger charge is -2.19. The molecule has 1 fully saturated rings. The minimum absolute atomic E-state index is 0.0352. The van der Waals surface area contributed by atoms with Crippen LogP contribution in [0.1, 0.15) is 35.0 Å². The number of ether oxygens (including phenoxy) is 1. The van der Waals surface area contributed by atoms with Gasteiger partial charge in [0.2, 0.25) is 0 Å². The maximum absolute atomic E-state index is 11.8. The van der Waals surface area contributed by atoms with Crippen LogP contribution in [0.25, 0.3) is 0 Å². The molecule has 1 atom stereocenters. The topological polar surface area (TPSA) is 64.4 Å². The molecule has 0 unspecified atom stereocenters. The Morgan fingerprint density at radius 1 is 1.27 bits per heavy atom. The van der Waals surface area contributed by atoms with Gasteiger partial charge >= 0.3 is 0 Å². The maximum Gasteiger partial charge on any atom is 0.152 e. The summed E-state index contributed by atoms with van der Waals surface area (Å²) < 4.78 is 31.0. The summed E-state index contributed by atoms with van der Waals surface area (Å²) in [5.74, 6) is 1.35. The Hall–Kier alpha value is -1.86. The van der Waals surface area contributed by atoms with Crippen LogP contribution < -0.4 is 4.74 Å². The van der Waals surface area contributed by atoms with Crippen LogP contribution in [0, 0.1) is 13.8 Å². The van der Waals surface area contributed by atoms with E-state index in [1.807, 2.05) is 36.7 Å². The highest BCUT2D eigenvalue weighted by Crippen LogP contribution is 2.27. The molecule has 0 spiro atoms. The van der Waals surface area contributed by atoms with Crippen molar-refractivity contribution in [2.75, 3.05) is 25.7 Å². The van der Waals surface area contributed by atoms with Gasteiger partial charge in [-0.25, -0.2) is 8.42 Å². The summed E-state index contributed by atoms with van der Waals surface area (Å²) in [6.45, 7) is 5.57. The van der Waals surface area contributed by atoms with Gasteiger partial charge in [0.15, 0.2) is 9.84 Å². The molecule has 1 aliphatic heterocycles. The molecule has 0 bridgehead atoms.